The fourth-order valence-corrected chi connectivity index (χ4v) is 2.85. The van der Waals surface area contributed by atoms with Crippen LogP contribution in [0.3, 0.4) is 0 Å². The van der Waals surface area contributed by atoms with Gasteiger partial charge in [-0.1, -0.05) is 17.2 Å². The molecule has 0 radical (unpaired) electrons. The molecule has 2 unspecified atom stereocenters. The van der Waals surface area contributed by atoms with E-state index < -0.39 is 0 Å². The molecule has 8 nitrogen and oxygen atoms in total. The lowest BCUT2D eigenvalue weighted by atomic mass is 10.2. The van der Waals surface area contributed by atoms with Gasteiger partial charge in [0.05, 0.1) is 12.6 Å². The van der Waals surface area contributed by atoms with Gasteiger partial charge in [0.1, 0.15) is 6.10 Å². The zero-order chi connectivity index (χ0) is 16.2. The Labute approximate surface area is 135 Å². The maximum atomic E-state index is 5.49. The molecule has 0 N–H and O–H groups in total. The molecule has 3 heterocycles. The minimum atomic E-state index is -0.156. The van der Waals surface area contributed by atoms with Gasteiger partial charge in [0, 0.05) is 13.0 Å². The summed E-state index contributed by atoms with van der Waals surface area (Å²) >= 11 is 0. The third kappa shape index (κ3) is 3.59. The topological polar surface area (TPSA) is 90.3 Å². The van der Waals surface area contributed by atoms with E-state index in [1.807, 2.05) is 20.8 Å². The van der Waals surface area contributed by atoms with Gasteiger partial charge in [-0.2, -0.15) is 9.97 Å². The van der Waals surface area contributed by atoms with E-state index in [9.17, 15) is 0 Å². The quantitative estimate of drug-likeness (QED) is 0.768. The van der Waals surface area contributed by atoms with Crippen molar-refractivity contribution in [2.24, 2.45) is 0 Å². The van der Waals surface area contributed by atoms with E-state index in [1.165, 1.54) is 0 Å². The van der Waals surface area contributed by atoms with Crippen LogP contribution in [-0.4, -0.2) is 38.3 Å². The number of nitrogens with zero attached hydrogens (tertiary/aromatic N) is 5. The van der Waals surface area contributed by atoms with Crippen LogP contribution in [0.2, 0.25) is 0 Å². The summed E-state index contributed by atoms with van der Waals surface area (Å²) in [6.07, 6.45) is 2.70. The third-order valence-corrected chi connectivity index (χ3v) is 4.05. The smallest absolute Gasteiger partial charge is 0.240 e. The lowest BCUT2D eigenvalue weighted by molar-refractivity contribution is 0.0683. The molecule has 0 bridgehead atoms. The van der Waals surface area contributed by atoms with Crippen molar-refractivity contribution in [3.8, 4) is 0 Å². The summed E-state index contributed by atoms with van der Waals surface area (Å²) in [6.45, 7) is 8.04. The first-order chi connectivity index (χ1) is 11.2. The van der Waals surface area contributed by atoms with Gasteiger partial charge in [0.25, 0.3) is 0 Å². The van der Waals surface area contributed by atoms with Gasteiger partial charge >= 0.3 is 0 Å². The summed E-state index contributed by atoms with van der Waals surface area (Å²) in [6, 6.07) is 0.152. The van der Waals surface area contributed by atoms with Gasteiger partial charge in [-0.15, -0.1) is 0 Å². The Kier molecular flexibility index (Phi) is 5.02. The predicted molar refractivity (Wildman–Crippen MR) is 80.4 cm³/mol. The average Bonchev–Trinajstić information content (AvgIpc) is 3.27. The zero-order valence-corrected chi connectivity index (χ0v) is 13.9. The summed E-state index contributed by atoms with van der Waals surface area (Å²) in [5.41, 5.74) is 0. The van der Waals surface area contributed by atoms with Gasteiger partial charge < -0.3 is 13.8 Å². The highest BCUT2D eigenvalue weighted by Crippen LogP contribution is 2.31. The summed E-state index contributed by atoms with van der Waals surface area (Å²) in [4.78, 5) is 11.1. The van der Waals surface area contributed by atoms with Gasteiger partial charge in [0.15, 0.2) is 11.6 Å². The largest absolute Gasteiger partial charge is 0.371 e. The Bertz CT molecular complexity index is 626. The second kappa shape index (κ2) is 7.18. The SMILES string of the molecule is CCOC(C)c1noc(CN2CCCC2c2noc(CC)n2)n1. The molecule has 8 heteroatoms. The van der Waals surface area contributed by atoms with Crippen LogP contribution in [0.1, 0.15) is 69.2 Å². The van der Waals surface area contributed by atoms with E-state index >= 15 is 0 Å². The minimum absolute atomic E-state index is 0.152. The van der Waals surface area contributed by atoms with Gasteiger partial charge in [-0.3, -0.25) is 4.90 Å². The molecule has 0 amide bonds. The van der Waals surface area contributed by atoms with Crippen LogP contribution in [0.4, 0.5) is 0 Å². The standard InChI is InChI=1S/C15H23N5O3/c1-4-12-16-15(19-22-12)11-7-6-8-20(11)9-13-17-14(18-23-13)10(3)21-5-2/h10-11H,4-9H2,1-3H3. The zero-order valence-electron chi connectivity index (χ0n) is 13.9. The molecule has 0 aromatic carbocycles. The highest BCUT2D eigenvalue weighted by atomic mass is 16.5. The molecule has 1 saturated heterocycles. The van der Waals surface area contributed by atoms with E-state index in [2.05, 4.69) is 25.2 Å². The number of ether oxygens (including phenoxy) is 1. The summed E-state index contributed by atoms with van der Waals surface area (Å²) in [5.74, 6) is 2.61. The van der Waals surface area contributed by atoms with Crippen molar-refractivity contribution in [3.05, 3.63) is 23.4 Å². The van der Waals surface area contributed by atoms with Crippen LogP contribution in [0.15, 0.2) is 9.05 Å². The fraction of sp³-hybridized carbons (Fsp3) is 0.733. The molecule has 126 valence electrons. The second-order valence-corrected chi connectivity index (χ2v) is 5.67. The van der Waals surface area contributed by atoms with Crippen LogP contribution < -0.4 is 0 Å². The van der Waals surface area contributed by atoms with Crippen LogP contribution in [-0.2, 0) is 17.7 Å². The highest BCUT2D eigenvalue weighted by Gasteiger charge is 2.31. The highest BCUT2D eigenvalue weighted by molar-refractivity contribution is 4.99. The van der Waals surface area contributed by atoms with Gasteiger partial charge in [-0.25, -0.2) is 0 Å². The molecular weight excluding hydrogens is 298 g/mol. The monoisotopic (exact) mass is 321 g/mol. The Hall–Kier alpha value is -1.80. The van der Waals surface area contributed by atoms with Crippen LogP contribution in [0.5, 0.6) is 0 Å². The first kappa shape index (κ1) is 16.1. The maximum absolute atomic E-state index is 5.49. The maximum Gasteiger partial charge on any atom is 0.240 e. The molecule has 1 fully saturated rings. The van der Waals surface area contributed by atoms with Crippen LogP contribution >= 0.6 is 0 Å². The molecule has 0 spiro atoms. The summed E-state index contributed by atoms with van der Waals surface area (Å²) < 4.78 is 16.1. The first-order valence-electron chi connectivity index (χ1n) is 8.21. The molecule has 3 rings (SSSR count). The summed E-state index contributed by atoms with van der Waals surface area (Å²) in [5, 5.41) is 8.11. The lowest BCUT2D eigenvalue weighted by Crippen LogP contribution is -2.23. The van der Waals surface area contributed by atoms with Crippen molar-refractivity contribution >= 4 is 0 Å². The normalized spacial score (nSPS) is 20.2. The van der Waals surface area contributed by atoms with Crippen molar-refractivity contribution < 1.29 is 13.8 Å². The summed E-state index contributed by atoms with van der Waals surface area (Å²) in [7, 11) is 0. The number of hydrogen-bond donors (Lipinski definition) is 0. The molecule has 2 aromatic heterocycles. The minimum Gasteiger partial charge on any atom is -0.371 e. The van der Waals surface area contributed by atoms with Crippen LogP contribution in [0.25, 0.3) is 0 Å². The molecular formula is C15H23N5O3. The molecule has 2 atom stereocenters. The number of hydrogen-bond acceptors (Lipinski definition) is 8. The predicted octanol–water partition coefficient (Wildman–Crippen LogP) is 2.45. The van der Waals surface area contributed by atoms with Crippen molar-refractivity contribution in [3.63, 3.8) is 0 Å². The van der Waals surface area contributed by atoms with Gasteiger partial charge in [-0.05, 0) is 33.2 Å². The Morgan fingerprint density at radius 3 is 2.78 bits per heavy atom. The van der Waals surface area contributed by atoms with Gasteiger partial charge in [0.2, 0.25) is 11.8 Å². The molecule has 1 aliphatic heterocycles. The van der Waals surface area contributed by atoms with E-state index in [0.717, 1.165) is 31.6 Å². The molecule has 23 heavy (non-hydrogen) atoms. The number of aromatic nitrogens is 4. The second-order valence-electron chi connectivity index (χ2n) is 5.67. The Morgan fingerprint density at radius 1 is 1.22 bits per heavy atom. The van der Waals surface area contributed by atoms with Crippen molar-refractivity contribution in [2.45, 2.75) is 58.7 Å². The molecule has 2 aromatic rings. The number of aryl methyl sites for hydroxylation is 1. The van der Waals surface area contributed by atoms with E-state index in [4.69, 9.17) is 13.8 Å². The first-order valence-corrected chi connectivity index (χ1v) is 8.21. The fourth-order valence-electron chi connectivity index (χ4n) is 2.85. The average molecular weight is 321 g/mol. The number of likely N-dealkylation sites (tertiary alicyclic amines) is 1. The molecule has 0 saturated carbocycles. The lowest BCUT2D eigenvalue weighted by Gasteiger charge is -2.19. The van der Waals surface area contributed by atoms with E-state index in [-0.39, 0.29) is 12.1 Å². The van der Waals surface area contributed by atoms with Crippen LogP contribution in [0, 0.1) is 0 Å². The molecule has 0 aliphatic carbocycles. The van der Waals surface area contributed by atoms with Crippen molar-refractivity contribution in [2.75, 3.05) is 13.2 Å². The Balaban J connectivity index is 1.66. The number of rotatable bonds is 7. The third-order valence-electron chi connectivity index (χ3n) is 4.05. The molecule has 1 aliphatic rings. The van der Waals surface area contributed by atoms with Crippen molar-refractivity contribution in [1.29, 1.82) is 0 Å². The Morgan fingerprint density at radius 2 is 2.04 bits per heavy atom. The van der Waals surface area contributed by atoms with E-state index in [0.29, 0.717) is 30.8 Å². The van der Waals surface area contributed by atoms with Crippen molar-refractivity contribution in [1.82, 2.24) is 25.2 Å². The van der Waals surface area contributed by atoms with E-state index in [1.54, 1.807) is 0 Å².